The van der Waals surface area contributed by atoms with Gasteiger partial charge in [0.2, 0.25) is 0 Å². The van der Waals surface area contributed by atoms with E-state index >= 15 is 0 Å². The van der Waals surface area contributed by atoms with E-state index in [4.69, 9.17) is 9.47 Å². The zero-order valence-corrected chi connectivity index (χ0v) is 15.7. The summed E-state index contributed by atoms with van der Waals surface area (Å²) in [6.07, 6.45) is 2.24. The van der Waals surface area contributed by atoms with Crippen LogP contribution in [0.2, 0.25) is 0 Å². The maximum atomic E-state index is 12.7. The number of esters is 1. The molecule has 1 aromatic heterocycles. The third kappa shape index (κ3) is 4.37. The average Bonchev–Trinajstić information content (AvgIpc) is 3.22. The molecule has 0 atom stereocenters. The number of nitrogens with one attached hydrogen (secondary N) is 2. The maximum Gasteiger partial charge on any atom is 0.338 e. The Morgan fingerprint density at radius 1 is 1.07 bits per heavy atom. The minimum Gasteiger partial charge on any atom is -0.497 e. The molecule has 28 heavy (non-hydrogen) atoms. The van der Waals surface area contributed by atoms with Crippen LogP contribution >= 0.6 is 0 Å². The standard InChI is InChI=1S/C21H21N3O4/c1-3-12-28-21(26)15-4-8-16(9-5-15)23-20(25)18-13-22-24-19(18)14-6-10-17(27-2)11-7-14/h4-11,13H,3,12H2,1-2H3,(H,22,24)(H,23,25). The van der Waals surface area contributed by atoms with Crippen LogP contribution in [-0.4, -0.2) is 35.8 Å². The van der Waals surface area contributed by atoms with E-state index in [1.54, 1.807) is 31.4 Å². The largest absolute Gasteiger partial charge is 0.497 e. The second-order valence-corrected chi connectivity index (χ2v) is 6.05. The Labute approximate surface area is 162 Å². The van der Waals surface area contributed by atoms with E-state index < -0.39 is 0 Å². The molecule has 1 heterocycles. The Morgan fingerprint density at radius 2 is 1.79 bits per heavy atom. The number of methoxy groups -OCH3 is 1. The van der Waals surface area contributed by atoms with Crippen LogP contribution in [-0.2, 0) is 4.74 Å². The van der Waals surface area contributed by atoms with E-state index in [1.807, 2.05) is 31.2 Å². The molecule has 0 aliphatic rings. The molecule has 0 bridgehead atoms. The van der Waals surface area contributed by atoms with E-state index in [-0.39, 0.29) is 11.9 Å². The Hall–Kier alpha value is -3.61. The van der Waals surface area contributed by atoms with Gasteiger partial charge in [-0.3, -0.25) is 9.89 Å². The van der Waals surface area contributed by atoms with Crippen LogP contribution in [0.1, 0.15) is 34.1 Å². The highest BCUT2D eigenvalue weighted by Gasteiger charge is 2.16. The van der Waals surface area contributed by atoms with Gasteiger partial charge in [-0.2, -0.15) is 5.10 Å². The Morgan fingerprint density at radius 3 is 2.43 bits per heavy atom. The molecule has 3 aromatic rings. The van der Waals surface area contributed by atoms with Crippen molar-refractivity contribution in [2.45, 2.75) is 13.3 Å². The van der Waals surface area contributed by atoms with Crippen LogP contribution in [0.15, 0.2) is 54.7 Å². The third-order valence-electron chi connectivity index (χ3n) is 4.08. The highest BCUT2D eigenvalue weighted by atomic mass is 16.5. The monoisotopic (exact) mass is 379 g/mol. The van der Waals surface area contributed by atoms with Crippen LogP contribution < -0.4 is 10.1 Å². The zero-order chi connectivity index (χ0) is 19.9. The number of hydrogen-bond acceptors (Lipinski definition) is 5. The van der Waals surface area contributed by atoms with E-state index in [9.17, 15) is 9.59 Å². The van der Waals surface area contributed by atoms with Crippen molar-refractivity contribution in [2.24, 2.45) is 0 Å². The summed E-state index contributed by atoms with van der Waals surface area (Å²) in [5.74, 6) is 0.0454. The zero-order valence-electron chi connectivity index (χ0n) is 15.7. The molecule has 3 rings (SSSR count). The maximum absolute atomic E-state index is 12.7. The summed E-state index contributed by atoms with van der Waals surface area (Å²) >= 11 is 0. The molecule has 2 aromatic carbocycles. The second kappa shape index (κ2) is 8.85. The molecular formula is C21H21N3O4. The van der Waals surface area contributed by atoms with Gasteiger partial charge in [0.25, 0.3) is 5.91 Å². The molecule has 0 unspecified atom stereocenters. The Balaban J connectivity index is 1.72. The number of aromatic amines is 1. The number of benzene rings is 2. The smallest absolute Gasteiger partial charge is 0.338 e. The number of ether oxygens (including phenoxy) is 2. The molecular weight excluding hydrogens is 358 g/mol. The number of nitrogens with zero attached hydrogens (tertiary/aromatic N) is 1. The van der Waals surface area contributed by atoms with Gasteiger partial charge in [-0.25, -0.2) is 4.79 Å². The van der Waals surface area contributed by atoms with Gasteiger partial charge in [0.05, 0.1) is 36.7 Å². The molecule has 0 aliphatic heterocycles. The lowest BCUT2D eigenvalue weighted by molar-refractivity contribution is 0.0505. The van der Waals surface area contributed by atoms with Gasteiger partial charge in [0.1, 0.15) is 5.75 Å². The molecule has 7 heteroatoms. The van der Waals surface area contributed by atoms with Gasteiger partial charge in [0, 0.05) is 11.3 Å². The minimum atomic E-state index is -0.378. The van der Waals surface area contributed by atoms with Crippen LogP contribution in [0.25, 0.3) is 11.3 Å². The van der Waals surface area contributed by atoms with Crippen LogP contribution in [0, 0.1) is 0 Å². The molecule has 0 radical (unpaired) electrons. The van der Waals surface area contributed by atoms with Crippen LogP contribution in [0.5, 0.6) is 5.75 Å². The van der Waals surface area contributed by atoms with Gasteiger partial charge < -0.3 is 14.8 Å². The summed E-state index contributed by atoms with van der Waals surface area (Å²) in [5, 5.41) is 9.66. The predicted octanol–water partition coefficient (Wildman–Crippen LogP) is 3.90. The number of hydrogen-bond donors (Lipinski definition) is 2. The first-order chi connectivity index (χ1) is 13.6. The Kier molecular flexibility index (Phi) is 6.06. The number of H-pyrrole nitrogens is 1. The fourth-order valence-electron chi connectivity index (χ4n) is 2.60. The first kappa shape index (κ1) is 19.2. The van der Waals surface area contributed by atoms with Gasteiger partial charge in [0.15, 0.2) is 0 Å². The van der Waals surface area contributed by atoms with E-state index in [0.29, 0.717) is 29.1 Å². The molecule has 0 aliphatic carbocycles. The fraction of sp³-hybridized carbons (Fsp3) is 0.190. The molecule has 1 amide bonds. The molecule has 2 N–H and O–H groups in total. The number of anilines is 1. The van der Waals surface area contributed by atoms with Gasteiger partial charge >= 0.3 is 5.97 Å². The predicted molar refractivity (Wildman–Crippen MR) is 106 cm³/mol. The van der Waals surface area contributed by atoms with Crippen molar-refractivity contribution < 1.29 is 19.1 Å². The summed E-state index contributed by atoms with van der Waals surface area (Å²) in [7, 11) is 1.60. The second-order valence-electron chi connectivity index (χ2n) is 6.05. The van der Waals surface area contributed by atoms with Crippen molar-refractivity contribution in [3.05, 3.63) is 65.9 Å². The lowest BCUT2D eigenvalue weighted by atomic mass is 10.1. The number of amides is 1. The lowest BCUT2D eigenvalue weighted by Crippen LogP contribution is -2.12. The highest BCUT2D eigenvalue weighted by molar-refractivity contribution is 6.08. The molecule has 7 nitrogen and oxygen atoms in total. The summed E-state index contributed by atoms with van der Waals surface area (Å²) in [4.78, 5) is 24.5. The normalized spacial score (nSPS) is 10.4. The highest BCUT2D eigenvalue weighted by Crippen LogP contribution is 2.24. The van der Waals surface area contributed by atoms with Gasteiger partial charge in [-0.1, -0.05) is 6.92 Å². The van der Waals surface area contributed by atoms with E-state index in [0.717, 1.165) is 17.7 Å². The van der Waals surface area contributed by atoms with E-state index in [1.165, 1.54) is 6.20 Å². The first-order valence-corrected chi connectivity index (χ1v) is 8.88. The van der Waals surface area contributed by atoms with Gasteiger partial charge in [-0.15, -0.1) is 0 Å². The van der Waals surface area contributed by atoms with E-state index in [2.05, 4.69) is 15.5 Å². The number of rotatable bonds is 7. The third-order valence-corrected chi connectivity index (χ3v) is 4.08. The molecule has 144 valence electrons. The molecule has 0 spiro atoms. The fourth-order valence-corrected chi connectivity index (χ4v) is 2.60. The van der Waals surface area contributed by atoms with Crippen molar-refractivity contribution >= 4 is 17.6 Å². The Bertz CT molecular complexity index is 947. The SMILES string of the molecule is CCCOC(=O)c1ccc(NC(=O)c2cn[nH]c2-c2ccc(OC)cc2)cc1. The number of carbonyl (C=O) groups excluding carboxylic acids is 2. The summed E-state index contributed by atoms with van der Waals surface area (Å²) in [6.45, 7) is 2.31. The molecule has 0 saturated carbocycles. The van der Waals surface area contributed by atoms with Crippen molar-refractivity contribution in [1.29, 1.82) is 0 Å². The van der Waals surface area contributed by atoms with Crippen molar-refractivity contribution in [3.63, 3.8) is 0 Å². The summed E-state index contributed by atoms with van der Waals surface area (Å²) < 4.78 is 10.2. The number of aromatic nitrogens is 2. The van der Waals surface area contributed by atoms with Crippen molar-refractivity contribution in [3.8, 4) is 17.0 Å². The average molecular weight is 379 g/mol. The van der Waals surface area contributed by atoms with Gasteiger partial charge in [-0.05, 0) is 55.0 Å². The summed E-state index contributed by atoms with van der Waals surface area (Å²) in [6, 6.07) is 13.9. The van der Waals surface area contributed by atoms with Crippen LogP contribution in [0.3, 0.4) is 0 Å². The molecule has 0 saturated heterocycles. The van der Waals surface area contributed by atoms with Crippen molar-refractivity contribution in [1.82, 2.24) is 10.2 Å². The van der Waals surface area contributed by atoms with Crippen molar-refractivity contribution in [2.75, 3.05) is 19.0 Å². The minimum absolute atomic E-state index is 0.305. The first-order valence-electron chi connectivity index (χ1n) is 8.88. The molecule has 0 fully saturated rings. The lowest BCUT2D eigenvalue weighted by Gasteiger charge is -2.08. The number of carbonyl (C=O) groups is 2. The topological polar surface area (TPSA) is 93.3 Å². The quantitative estimate of drug-likeness (QED) is 0.607. The summed E-state index contributed by atoms with van der Waals surface area (Å²) in [5.41, 5.74) is 2.85. The van der Waals surface area contributed by atoms with Crippen LogP contribution in [0.4, 0.5) is 5.69 Å².